The first-order chi connectivity index (χ1) is 10.8. The molecule has 1 unspecified atom stereocenters. The fourth-order valence-corrected chi connectivity index (χ4v) is 4.72. The second-order valence-electron chi connectivity index (χ2n) is 6.26. The van der Waals surface area contributed by atoms with E-state index in [1.54, 1.807) is 18.1 Å². The summed E-state index contributed by atoms with van der Waals surface area (Å²) in [4.78, 5) is 14.5. The van der Waals surface area contributed by atoms with E-state index < -0.39 is 9.84 Å². The zero-order chi connectivity index (χ0) is 17.2. The number of carbonyl (C=O) groups excluding carboxylic acids is 1. The quantitative estimate of drug-likeness (QED) is 0.827. The minimum atomic E-state index is -3.03. The van der Waals surface area contributed by atoms with Gasteiger partial charge >= 0.3 is 0 Å². The molecule has 1 amide bonds. The molecule has 1 aliphatic heterocycles. The van der Waals surface area contributed by atoms with Crippen LogP contribution >= 0.6 is 0 Å². The number of methoxy groups -OCH3 is 1. The highest BCUT2D eigenvalue weighted by molar-refractivity contribution is 7.91. The summed E-state index contributed by atoms with van der Waals surface area (Å²) in [5.41, 5.74) is 1.59. The summed E-state index contributed by atoms with van der Waals surface area (Å²) in [6.07, 6.45) is 0.508. The zero-order valence-electron chi connectivity index (χ0n) is 14.2. The van der Waals surface area contributed by atoms with Crippen LogP contribution < -0.4 is 4.74 Å². The Morgan fingerprint density at radius 3 is 2.57 bits per heavy atom. The standard InChI is InChI=1S/C17H25NO4S/c1-5-18(14-8-9-23(20,21)11-14)17(19)15-7-6-13(12(2)3)10-16(15)22-4/h6-7,10,12,14H,5,8-9,11H2,1-4H3. The van der Waals surface area contributed by atoms with Crippen molar-refractivity contribution in [2.24, 2.45) is 0 Å². The number of rotatable bonds is 5. The molecule has 0 saturated carbocycles. The lowest BCUT2D eigenvalue weighted by atomic mass is 10.00. The van der Waals surface area contributed by atoms with Crippen molar-refractivity contribution >= 4 is 15.7 Å². The molecule has 2 rings (SSSR count). The van der Waals surface area contributed by atoms with Crippen LogP contribution in [0.1, 0.15) is 49.0 Å². The summed E-state index contributed by atoms with van der Waals surface area (Å²) in [7, 11) is -1.48. The number of amides is 1. The molecule has 5 nitrogen and oxygen atoms in total. The van der Waals surface area contributed by atoms with Crippen LogP contribution in [0, 0.1) is 0 Å². The number of carbonyl (C=O) groups is 1. The molecule has 1 atom stereocenters. The van der Waals surface area contributed by atoms with Gasteiger partial charge < -0.3 is 9.64 Å². The third kappa shape index (κ3) is 3.86. The maximum atomic E-state index is 12.9. The SMILES string of the molecule is CCN(C(=O)c1ccc(C(C)C)cc1OC)C1CCS(=O)(=O)C1. The van der Waals surface area contributed by atoms with E-state index in [1.165, 1.54) is 0 Å². The number of ether oxygens (including phenoxy) is 1. The number of benzene rings is 1. The van der Waals surface area contributed by atoms with E-state index in [-0.39, 0.29) is 23.5 Å². The van der Waals surface area contributed by atoms with Crippen LogP contribution in [0.15, 0.2) is 18.2 Å². The Balaban J connectivity index is 2.31. The van der Waals surface area contributed by atoms with Gasteiger partial charge in [0.2, 0.25) is 0 Å². The summed E-state index contributed by atoms with van der Waals surface area (Å²) in [5, 5.41) is 0. The zero-order valence-corrected chi connectivity index (χ0v) is 15.0. The Morgan fingerprint density at radius 2 is 2.09 bits per heavy atom. The van der Waals surface area contributed by atoms with Gasteiger partial charge in [0.05, 0.1) is 24.2 Å². The number of hydrogen-bond acceptors (Lipinski definition) is 4. The van der Waals surface area contributed by atoms with Crippen molar-refractivity contribution in [1.82, 2.24) is 4.90 Å². The molecule has 1 aromatic carbocycles. The molecular formula is C17H25NO4S. The highest BCUT2D eigenvalue weighted by atomic mass is 32.2. The Morgan fingerprint density at radius 1 is 1.39 bits per heavy atom. The van der Waals surface area contributed by atoms with Gasteiger partial charge in [-0.05, 0) is 37.0 Å². The van der Waals surface area contributed by atoms with Crippen LogP contribution in [0.2, 0.25) is 0 Å². The van der Waals surface area contributed by atoms with Crippen LogP contribution in [0.4, 0.5) is 0 Å². The summed E-state index contributed by atoms with van der Waals surface area (Å²) in [6, 6.07) is 5.35. The molecular weight excluding hydrogens is 314 g/mol. The average molecular weight is 339 g/mol. The van der Waals surface area contributed by atoms with E-state index in [1.807, 2.05) is 19.1 Å². The van der Waals surface area contributed by atoms with Crippen LogP contribution in [0.5, 0.6) is 5.75 Å². The molecule has 1 aliphatic rings. The predicted octanol–water partition coefficient (Wildman–Crippen LogP) is 2.47. The van der Waals surface area contributed by atoms with Gasteiger partial charge in [-0.1, -0.05) is 19.9 Å². The number of hydrogen-bond donors (Lipinski definition) is 0. The van der Waals surface area contributed by atoms with Gasteiger partial charge in [-0.2, -0.15) is 0 Å². The fourth-order valence-electron chi connectivity index (χ4n) is 2.99. The highest BCUT2D eigenvalue weighted by Gasteiger charge is 2.35. The van der Waals surface area contributed by atoms with Crippen LogP contribution in [-0.2, 0) is 9.84 Å². The van der Waals surface area contributed by atoms with E-state index in [9.17, 15) is 13.2 Å². The molecule has 1 heterocycles. The summed E-state index contributed by atoms with van der Waals surface area (Å²) in [5.74, 6) is 0.932. The van der Waals surface area contributed by atoms with Crippen molar-refractivity contribution < 1.29 is 17.9 Å². The molecule has 1 saturated heterocycles. The van der Waals surface area contributed by atoms with Gasteiger partial charge in [0.25, 0.3) is 5.91 Å². The van der Waals surface area contributed by atoms with E-state index in [4.69, 9.17) is 4.74 Å². The molecule has 23 heavy (non-hydrogen) atoms. The Hall–Kier alpha value is -1.56. The average Bonchev–Trinajstić information content (AvgIpc) is 2.86. The van der Waals surface area contributed by atoms with Gasteiger partial charge in [-0.3, -0.25) is 4.79 Å². The lowest BCUT2D eigenvalue weighted by Gasteiger charge is -2.27. The van der Waals surface area contributed by atoms with Crippen molar-refractivity contribution in [3.63, 3.8) is 0 Å². The van der Waals surface area contributed by atoms with E-state index >= 15 is 0 Å². The van der Waals surface area contributed by atoms with Crippen LogP contribution in [-0.4, -0.2) is 50.4 Å². The molecule has 0 aliphatic carbocycles. The maximum Gasteiger partial charge on any atom is 0.257 e. The molecule has 0 N–H and O–H groups in total. The van der Waals surface area contributed by atoms with Gasteiger partial charge in [0, 0.05) is 12.6 Å². The van der Waals surface area contributed by atoms with Gasteiger partial charge in [-0.25, -0.2) is 8.42 Å². The summed E-state index contributed by atoms with van der Waals surface area (Å²) in [6.45, 7) is 6.52. The molecule has 0 radical (unpaired) electrons. The maximum absolute atomic E-state index is 12.9. The van der Waals surface area contributed by atoms with E-state index in [0.29, 0.717) is 30.2 Å². The van der Waals surface area contributed by atoms with Crippen LogP contribution in [0.3, 0.4) is 0 Å². The molecule has 0 spiro atoms. The minimum absolute atomic E-state index is 0.0545. The van der Waals surface area contributed by atoms with Gasteiger partial charge in [0.15, 0.2) is 9.84 Å². The summed E-state index contributed by atoms with van der Waals surface area (Å²) < 4.78 is 28.8. The van der Waals surface area contributed by atoms with Crippen molar-refractivity contribution in [2.75, 3.05) is 25.2 Å². The van der Waals surface area contributed by atoms with Gasteiger partial charge in [-0.15, -0.1) is 0 Å². The van der Waals surface area contributed by atoms with Crippen molar-refractivity contribution in [3.05, 3.63) is 29.3 Å². The van der Waals surface area contributed by atoms with Crippen molar-refractivity contribution in [2.45, 2.75) is 39.2 Å². The lowest BCUT2D eigenvalue weighted by molar-refractivity contribution is 0.0705. The number of nitrogens with zero attached hydrogens (tertiary/aromatic N) is 1. The van der Waals surface area contributed by atoms with Crippen LogP contribution in [0.25, 0.3) is 0 Å². The molecule has 1 aromatic rings. The largest absolute Gasteiger partial charge is 0.496 e. The molecule has 0 bridgehead atoms. The third-order valence-corrected chi connectivity index (χ3v) is 6.12. The lowest BCUT2D eigenvalue weighted by Crippen LogP contribution is -2.41. The molecule has 1 fully saturated rings. The molecule has 128 valence electrons. The van der Waals surface area contributed by atoms with E-state index in [2.05, 4.69) is 13.8 Å². The van der Waals surface area contributed by atoms with Crippen molar-refractivity contribution in [3.8, 4) is 5.75 Å². The minimum Gasteiger partial charge on any atom is -0.496 e. The first-order valence-electron chi connectivity index (χ1n) is 7.98. The first kappa shape index (κ1) is 17.8. The van der Waals surface area contributed by atoms with Crippen molar-refractivity contribution in [1.29, 1.82) is 0 Å². The third-order valence-electron chi connectivity index (χ3n) is 4.37. The second-order valence-corrected chi connectivity index (χ2v) is 8.49. The second kappa shape index (κ2) is 6.91. The molecule has 6 heteroatoms. The Kier molecular flexibility index (Phi) is 5.34. The topological polar surface area (TPSA) is 63.7 Å². The first-order valence-corrected chi connectivity index (χ1v) is 9.80. The smallest absolute Gasteiger partial charge is 0.257 e. The highest BCUT2D eigenvalue weighted by Crippen LogP contribution is 2.27. The van der Waals surface area contributed by atoms with Gasteiger partial charge in [0.1, 0.15) is 5.75 Å². The normalized spacial score (nSPS) is 19.8. The number of sulfone groups is 1. The predicted molar refractivity (Wildman–Crippen MR) is 90.9 cm³/mol. The Bertz CT molecular complexity index is 682. The molecule has 0 aromatic heterocycles. The van der Waals surface area contributed by atoms with E-state index in [0.717, 1.165) is 5.56 Å². The fraction of sp³-hybridized carbons (Fsp3) is 0.588. The Labute approximate surface area is 138 Å². The monoisotopic (exact) mass is 339 g/mol. The summed E-state index contributed by atoms with van der Waals surface area (Å²) >= 11 is 0.